The fourth-order valence-electron chi connectivity index (χ4n) is 2.12. The van der Waals surface area contributed by atoms with Crippen molar-refractivity contribution in [2.24, 2.45) is 0 Å². The molecular weight excluding hydrogens is 262 g/mol. The Morgan fingerprint density at radius 3 is 2.52 bits per heavy atom. The molecule has 2 N–H and O–H groups in total. The van der Waals surface area contributed by atoms with Crippen molar-refractivity contribution in [1.82, 2.24) is 15.0 Å². The summed E-state index contributed by atoms with van der Waals surface area (Å²) in [7, 11) is 3.95. The Kier molecular flexibility index (Phi) is 3.48. The number of aromatic nitrogens is 3. The van der Waals surface area contributed by atoms with E-state index in [4.69, 9.17) is 0 Å². The standard InChI is InChI=1S/C16H19N5/c1-11-4-6-12(7-5-11)17-10-14-18-13-8-9-15(21(2)3)20-16(13)19-14/h4-9,17H,10H2,1-3H3,(H,18,19,20). The number of aryl methyl sites for hydroxylation is 1. The fraction of sp³-hybridized carbons (Fsp3) is 0.250. The number of aromatic amines is 1. The molecule has 0 saturated carbocycles. The maximum absolute atomic E-state index is 4.53. The minimum absolute atomic E-state index is 0.650. The van der Waals surface area contributed by atoms with Crippen LogP contribution in [0.2, 0.25) is 0 Å². The molecule has 108 valence electrons. The number of hydrogen-bond donors (Lipinski definition) is 2. The molecule has 0 bridgehead atoms. The molecule has 3 aromatic rings. The second-order valence-electron chi connectivity index (χ2n) is 5.34. The van der Waals surface area contributed by atoms with Crippen molar-refractivity contribution in [2.45, 2.75) is 13.5 Å². The molecule has 0 saturated heterocycles. The molecule has 0 aliphatic rings. The smallest absolute Gasteiger partial charge is 0.179 e. The molecule has 0 aliphatic heterocycles. The van der Waals surface area contributed by atoms with Gasteiger partial charge in [0.25, 0.3) is 0 Å². The zero-order chi connectivity index (χ0) is 14.8. The van der Waals surface area contributed by atoms with Gasteiger partial charge in [0, 0.05) is 19.8 Å². The fourth-order valence-corrected chi connectivity index (χ4v) is 2.12. The van der Waals surface area contributed by atoms with Gasteiger partial charge in [0.1, 0.15) is 11.6 Å². The van der Waals surface area contributed by atoms with E-state index in [0.717, 1.165) is 28.5 Å². The van der Waals surface area contributed by atoms with Gasteiger partial charge >= 0.3 is 0 Å². The Morgan fingerprint density at radius 1 is 1.05 bits per heavy atom. The molecule has 0 fully saturated rings. The van der Waals surface area contributed by atoms with Crippen LogP contribution in [-0.2, 0) is 6.54 Å². The number of H-pyrrole nitrogens is 1. The Bertz CT molecular complexity index is 743. The number of pyridine rings is 1. The summed E-state index contributed by atoms with van der Waals surface area (Å²) in [5.74, 6) is 1.79. The van der Waals surface area contributed by atoms with Crippen LogP contribution in [0.15, 0.2) is 36.4 Å². The van der Waals surface area contributed by atoms with Crippen LogP contribution in [0, 0.1) is 6.92 Å². The van der Waals surface area contributed by atoms with E-state index in [1.54, 1.807) is 0 Å². The Balaban J connectivity index is 1.76. The third-order valence-corrected chi connectivity index (χ3v) is 3.35. The summed E-state index contributed by atoms with van der Waals surface area (Å²) in [5, 5.41) is 3.35. The van der Waals surface area contributed by atoms with Crippen molar-refractivity contribution in [2.75, 3.05) is 24.3 Å². The molecule has 3 rings (SSSR count). The van der Waals surface area contributed by atoms with E-state index in [1.165, 1.54) is 5.56 Å². The van der Waals surface area contributed by atoms with E-state index in [2.05, 4.69) is 51.5 Å². The predicted molar refractivity (Wildman–Crippen MR) is 86.7 cm³/mol. The normalized spacial score (nSPS) is 10.8. The first-order valence-electron chi connectivity index (χ1n) is 6.95. The van der Waals surface area contributed by atoms with Crippen molar-refractivity contribution in [3.8, 4) is 0 Å². The lowest BCUT2D eigenvalue weighted by molar-refractivity contribution is 1.01. The zero-order valence-corrected chi connectivity index (χ0v) is 12.5. The highest BCUT2D eigenvalue weighted by atomic mass is 15.2. The number of imidazole rings is 1. The molecular formula is C16H19N5. The Hall–Kier alpha value is -2.56. The van der Waals surface area contributed by atoms with Crippen molar-refractivity contribution in [1.29, 1.82) is 0 Å². The van der Waals surface area contributed by atoms with Gasteiger partial charge in [0.05, 0.1) is 12.1 Å². The van der Waals surface area contributed by atoms with Gasteiger partial charge in [-0.3, -0.25) is 0 Å². The molecule has 0 radical (unpaired) electrons. The Morgan fingerprint density at radius 2 is 1.81 bits per heavy atom. The largest absolute Gasteiger partial charge is 0.378 e. The van der Waals surface area contributed by atoms with Gasteiger partial charge in [0.15, 0.2) is 5.65 Å². The maximum atomic E-state index is 4.53. The second kappa shape index (κ2) is 5.44. The number of rotatable bonds is 4. The van der Waals surface area contributed by atoms with Crippen molar-refractivity contribution in [3.63, 3.8) is 0 Å². The quantitative estimate of drug-likeness (QED) is 0.772. The number of nitrogens with zero attached hydrogens (tertiary/aromatic N) is 3. The van der Waals surface area contributed by atoms with Crippen LogP contribution in [0.1, 0.15) is 11.4 Å². The summed E-state index contributed by atoms with van der Waals surface area (Å²) in [6.45, 7) is 2.73. The van der Waals surface area contributed by atoms with Crippen LogP contribution < -0.4 is 10.2 Å². The number of nitrogens with one attached hydrogen (secondary N) is 2. The molecule has 2 heterocycles. The molecule has 0 amide bonds. The van der Waals surface area contributed by atoms with E-state index in [-0.39, 0.29) is 0 Å². The number of hydrogen-bond acceptors (Lipinski definition) is 4. The van der Waals surface area contributed by atoms with Gasteiger partial charge in [-0.25, -0.2) is 9.97 Å². The summed E-state index contributed by atoms with van der Waals surface area (Å²) in [5.41, 5.74) is 4.05. The van der Waals surface area contributed by atoms with Crippen LogP contribution in [0.4, 0.5) is 11.5 Å². The van der Waals surface area contributed by atoms with Crippen molar-refractivity contribution < 1.29 is 0 Å². The molecule has 5 nitrogen and oxygen atoms in total. The first-order chi connectivity index (χ1) is 10.1. The molecule has 0 aliphatic carbocycles. The highest BCUT2D eigenvalue weighted by Crippen LogP contribution is 2.15. The second-order valence-corrected chi connectivity index (χ2v) is 5.34. The van der Waals surface area contributed by atoms with Crippen molar-refractivity contribution in [3.05, 3.63) is 47.8 Å². The average Bonchev–Trinajstić information content (AvgIpc) is 2.88. The topological polar surface area (TPSA) is 56.8 Å². The molecule has 0 atom stereocenters. The molecule has 1 aromatic carbocycles. The third kappa shape index (κ3) is 2.97. The molecule has 0 spiro atoms. The Labute approximate surface area is 124 Å². The van der Waals surface area contributed by atoms with Crippen LogP contribution in [0.3, 0.4) is 0 Å². The third-order valence-electron chi connectivity index (χ3n) is 3.35. The first kappa shape index (κ1) is 13.4. The van der Waals surface area contributed by atoms with Gasteiger partial charge in [-0.05, 0) is 31.2 Å². The lowest BCUT2D eigenvalue weighted by atomic mass is 10.2. The number of anilines is 2. The lowest BCUT2D eigenvalue weighted by Gasteiger charge is -2.09. The van der Waals surface area contributed by atoms with Crippen LogP contribution in [0.25, 0.3) is 11.2 Å². The van der Waals surface area contributed by atoms with E-state index in [0.29, 0.717) is 6.54 Å². The van der Waals surface area contributed by atoms with E-state index < -0.39 is 0 Å². The van der Waals surface area contributed by atoms with E-state index >= 15 is 0 Å². The summed E-state index contributed by atoms with van der Waals surface area (Å²) in [4.78, 5) is 14.3. The predicted octanol–water partition coefficient (Wildman–Crippen LogP) is 2.94. The highest BCUT2D eigenvalue weighted by Gasteiger charge is 2.06. The molecule has 0 unspecified atom stereocenters. The molecule has 2 aromatic heterocycles. The van der Waals surface area contributed by atoms with Crippen LogP contribution in [0.5, 0.6) is 0 Å². The minimum atomic E-state index is 0.650. The zero-order valence-electron chi connectivity index (χ0n) is 12.5. The number of benzene rings is 1. The monoisotopic (exact) mass is 281 g/mol. The van der Waals surface area contributed by atoms with Gasteiger partial charge in [-0.15, -0.1) is 0 Å². The van der Waals surface area contributed by atoms with Crippen LogP contribution in [-0.4, -0.2) is 29.0 Å². The summed E-state index contributed by atoms with van der Waals surface area (Å²) >= 11 is 0. The van der Waals surface area contributed by atoms with Gasteiger partial charge < -0.3 is 15.2 Å². The summed E-state index contributed by atoms with van der Waals surface area (Å²) in [6.07, 6.45) is 0. The summed E-state index contributed by atoms with van der Waals surface area (Å²) < 4.78 is 0. The highest BCUT2D eigenvalue weighted by molar-refractivity contribution is 5.73. The van der Waals surface area contributed by atoms with E-state index in [1.807, 2.05) is 31.1 Å². The maximum Gasteiger partial charge on any atom is 0.179 e. The number of fused-ring (bicyclic) bond motifs is 1. The van der Waals surface area contributed by atoms with Crippen LogP contribution >= 0.6 is 0 Å². The molecule has 5 heteroatoms. The minimum Gasteiger partial charge on any atom is -0.378 e. The van der Waals surface area contributed by atoms with E-state index in [9.17, 15) is 0 Å². The molecule has 21 heavy (non-hydrogen) atoms. The van der Waals surface area contributed by atoms with Gasteiger partial charge in [-0.1, -0.05) is 17.7 Å². The SMILES string of the molecule is Cc1ccc(NCc2nc3nc(N(C)C)ccc3[nH]2)cc1. The lowest BCUT2D eigenvalue weighted by Crippen LogP contribution is -2.10. The average molecular weight is 281 g/mol. The summed E-state index contributed by atoms with van der Waals surface area (Å²) in [6, 6.07) is 12.3. The van der Waals surface area contributed by atoms with Crippen molar-refractivity contribution >= 4 is 22.7 Å². The van der Waals surface area contributed by atoms with Gasteiger partial charge in [-0.2, -0.15) is 0 Å². The van der Waals surface area contributed by atoms with Gasteiger partial charge in [0.2, 0.25) is 0 Å². The first-order valence-corrected chi connectivity index (χ1v) is 6.95.